The van der Waals surface area contributed by atoms with Gasteiger partial charge in [0, 0.05) is 11.6 Å². The van der Waals surface area contributed by atoms with Crippen LogP contribution in [0, 0.1) is 5.92 Å². The average Bonchev–Trinajstić information content (AvgIpc) is 2.59. The number of nitrogens with one attached hydrogen (secondary N) is 1. The molecule has 120 valence electrons. The lowest BCUT2D eigenvalue weighted by molar-refractivity contribution is -0.126. The number of aliphatic hydroxyl groups is 1. The van der Waals surface area contributed by atoms with E-state index in [2.05, 4.69) is 5.32 Å². The van der Waals surface area contributed by atoms with E-state index in [1.165, 1.54) is 0 Å². The van der Waals surface area contributed by atoms with Crippen molar-refractivity contribution in [1.82, 2.24) is 5.32 Å². The Kier molecular flexibility index (Phi) is 4.84. The van der Waals surface area contributed by atoms with E-state index in [-0.39, 0.29) is 18.4 Å². The summed E-state index contributed by atoms with van der Waals surface area (Å²) in [5.41, 5.74) is 1.72. The fourth-order valence-corrected chi connectivity index (χ4v) is 2.87. The number of aliphatic hydroxyl groups excluding tert-OH is 1. The predicted molar refractivity (Wildman–Crippen MR) is 88.6 cm³/mol. The van der Waals surface area contributed by atoms with E-state index in [1.54, 1.807) is 24.3 Å². The molecule has 2 atom stereocenters. The van der Waals surface area contributed by atoms with Crippen LogP contribution in [0.1, 0.15) is 17.2 Å². The molecule has 0 saturated carbocycles. The molecule has 0 unspecified atom stereocenters. The third-order valence-electron chi connectivity index (χ3n) is 3.95. The van der Waals surface area contributed by atoms with Crippen molar-refractivity contribution >= 4 is 17.5 Å². The largest absolute Gasteiger partial charge is 0.492 e. The lowest BCUT2D eigenvalue weighted by Crippen LogP contribution is -2.39. The van der Waals surface area contributed by atoms with Crippen molar-refractivity contribution in [2.75, 3.05) is 13.2 Å². The van der Waals surface area contributed by atoms with Crippen LogP contribution in [0.2, 0.25) is 5.02 Å². The van der Waals surface area contributed by atoms with Gasteiger partial charge in [0.25, 0.3) is 0 Å². The molecule has 0 radical (unpaired) electrons. The molecule has 3 rings (SSSR count). The summed E-state index contributed by atoms with van der Waals surface area (Å²) in [6, 6.07) is 14.7. The van der Waals surface area contributed by atoms with Crippen molar-refractivity contribution in [3.63, 3.8) is 0 Å². The second-order valence-electron chi connectivity index (χ2n) is 5.64. The normalized spacial score (nSPS) is 17.7. The molecule has 0 spiro atoms. The molecule has 2 aromatic rings. The number of benzene rings is 2. The number of rotatable bonds is 4. The Morgan fingerprint density at radius 3 is 2.96 bits per heavy atom. The molecular formula is C18H18ClNO3. The molecule has 0 aromatic heterocycles. The topological polar surface area (TPSA) is 58.6 Å². The highest BCUT2D eigenvalue weighted by Crippen LogP contribution is 2.27. The van der Waals surface area contributed by atoms with Gasteiger partial charge >= 0.3 is 0 Å². The number of ether oxygens (including phenoxy) is 1. The highest BCUT2D eigenvalue weighted by molar-refractivity contribution is 6.30. The molecule has 0 fully saturated rings. The smallest absolute Gasteiger partial charge is 0.226 e. The van der Waals surface area contributed by atoms with Crippen molar-refractivity contribution in [1.29, 1.82) is 0 Å². The van der Waals surface area contributed by atoms with Gasteiger partial charge in [-0.2, -0.15) is 0 Å². The van der Waals surface area contributed by atoms with Crippen LogP contribution in [0.3, 0.4) is 0 Å². The molecule has 2 N–H and O–H groups in total. The lowest BCUT2D eigenvalue weighted by Gasteiger charge is -2.25. The molecule has 2 aromatic carbocycles. The molecule has 0 bridgehead atoms. The van der Waals surface area contributed by atoms with Crippen LogP contribution >= 0.6 is 11.6 Å². The molecule has 5 heteroatoms. The number of para-hydroxylation sites is 1. The molecule has 1 amide bonds. The van der Waals surface area contributed by atoms with Crippen molar-refractivity contribution in [2.45, 2.75) is 12.5 Å². The molecule has 4 nitrogen and oxygen atoms in total. The fourth-order valence-electron chi connectivity index (χ4n) is 2.67. The number of carbonyl (C=O) groups is 1. The maximum absolute atomic E-state index is 12.3. The van der Waals surface area contributed by atoms with Crippen LogP contribution in [0.25, 0.3) is 0 Å². The third kappa shape index (κ3) is 3.84. The molecule has 0 aliphatic carbocycles. The van der Waals surface area contributed by atoms with Crippen LogP contribution < -0.4 is 10.1 Å². The third-order valence-corrected chi connectivity index (χ3v) is 4.19. The summed E-state index contributed by atoms with van der Waals surface area (Å²) in [6.45, 7) is 0.507. The summed E-state index contributed by atoms with van der Waals surface area (Å²) in [4.78, 5) is 12.3. The van der Waals surface area contributed by atoms with Crippen LogP contribution in [0.15, 0.2) is 48.5 Å². The van der Waals surface area contributed by atoms with Gasteiger partial charge in [-0.1, -0.05) is 41.9 Å². The number of carbonyl (C=O) groups excluding carboxylic acids is 1. The first-order valence-electron chi connectivity index (χ1n) is 7.55. The minimum Gasteiger partial charge on any atom is -0.492 e. The van der Waals surface area contributed by atoms with E-state index in [1.807, 2.05) is 24.3 Å². The molecule has 0 saturated heterocycles. The molecule has 1 aliphatic rings. The Morgan fingerprint density at radius 1 is 1.30 bits per heavy atom. The molecule has 23 heavy (non-hydrogen) atoms. The number of fused-ring (bicyclic) bond motifs is 1. The number of hydrogen-bond donors (Lipinski definition) is 2. The summed E-state index contributed by atoms with van der Waals surface area (Å²) in [5, 5.41) is 13.5. The van der Waals surface area contributed by atoms with E-state index in [0.29, 0.717) is 23.6 Å². The first-order chi connectivity index (χ1) is 11.1. The summed E-state index contributed by atoms with van der Waals surface area (Å²) < 4.78 is 5.62. The van der Waals surface area contributed by atoms with Crippen LogP contribution in [-0.2, 0) is 11.2 Å². The van der Waals surface area contributed by atoms with Crippen molar-refractivity contribution in [3.8, 4) is 5.75 Å². The number of hydrogen-bond acceptors (Lipinski definition) is 3. The van der Waals surface area contributed by atoms with Crippen molar-refractivity contribution in [2.24, 2.45) is 5.92 Å². The second-order valence-corrected chi connectivity index (χ2v) is 6.07. The van der Waals surface area contributed by atoms with Crippen molar-refractivity contribution in [3.05, 3.63) is 64.7 Å². The molecule has 1 aliphatic heterocycles. The lowest BCUT2D eigenvalue weighted by atomic mass is 9.96. The van der Waals surface area contributed by atoms with Crippen LogP contribution in [-0.4, -0.2) is 24.2 Å². The summed E-state index contributed by atoms with van der Waals surface area (Å²) in [6.07, 6.45) is -0.135. The minimum absolute atomic E-state index is 0.111. The van der Waals surface area contributed by atoms with E-state index in [9.17, 15) is 9.90 Å². The highest BCUT2D eigenvalue weighted by atomic mass is 35.5. The minimum atomic E-state index is -0.783. The first kappa shape index (κ1) is 15.8. The Balaban J connectivity index is 1.56. The van der Waals surface area contributed by atoms with Crippen molar-refractivity contribution < 1.29 is 14.6 Å². The van der Waals surface area contributed by atoms with Crippen LogP contribution in [0.5, 0.6) is 5.75 Å². The monoisotopic (exact) mass is 331 g/mol. The zero-order valence-corrected chi connectivity index (χ0v) is 13.3. The van der Waals surface area contributed by atoms with Gasteiger partial charge in [-0.3, -0.25) is 4.79 Å². The summed E-state index contributed by atoms with van der Waals surface area (Å²) >= 11 is 5.91. The standard InChI is InChI=1S/C18H18ClNO3/c19-15-6-3-5-12(9-15)16(21)10-20-18(22)14-8-13-4-1-2-7-17(13)23-11-14/h1-7,9,14,16,21H,8,10-11H2,(H,20,22)/t14-,16+/m0/s1. The predicted octanol–water partition coefficient (Wildman–Crippen LogP) is 2.74. The Morgan fingerprint density at radius 2 is 2.13 bits per heavy atom. The average molecular weight is 332 g/mol. The van der Waals surface area contributed by atoms with Gasteiger partial charge in [0.1, 0.15) is 12.4 Å². The van der Waals surface area contributed by atoms with Gasteiger partial charge in [0.2, 0.25) is 5.91 Å². The number of halogens is 1. The van der Waals surface area contributed by atoms with Gasteiger partial charge in [-0.25, -0.2) is 0 Å². The van der Waals surface area contributed by atoms with Gasteiger partial charge in [0.05, 0.1) is 12.0 Å². The summed E-state index contributed by atoms with van der Waals surface area (Å²) in [7, 11) is 0. The fraction of sp³-hybridized carbons (Fsp3) is 0.278. The maximum atomic E-state index is 12.3. The molecule has 1 heterocycles. The number of amides is 1. The Bertz CT molecular complexity index is 704. The Hall–Kier alpha value is -2.04. The van der Waals surface area contributed by atoms with E-state index in [4.69, 9.17) is 16.3 Å². The Labute approximate surface area is 140 Å². The first-order valence-corrected chi connectivity index (χ1v) is 7.93. The molecular weight excluding hydrogens is 314 g/mol. The maximum Gasteiger partial charge on any atom is 0.226 e. The van der Waals surface area contributed by atoms with E-state index < -0.39 is 6.10 Å². The second kappa shape index (κ2) is 7.02. The highest BCUT2D eigenvalue weighted by Gasteiger charge is 2.26. The van der Waals surface area contributed by atoms with Crippen LogP contribution in [0.4, 0.5) is 0 Å². The zero-order valence-electron chi connectivity index (χ0n) is 12.5. The zero-order chi connectivity index (χ0) is 16.2. The van der Waals surface area contributed by atoms with Gasteiger partial charge < -0.3 is 15.2 Å². The van der Waals surface area contributed by atoms with Gasteiger partial charge in [-0.15, -0.1) is 0 Å². The summed E-state index contributed by atoms with van der Waals surface area (Å²) in [5.74, 6) is 0.493. The SMILES string of the molecule is O=C(NC[C@@H](O)c1cccc(Cl)c1)[C@@H]1COc2ccccc2C1. The van der Waals surface area contributed by atoms with E-state index >= 15 is 0 Å². The quantitative estimate of drug-likeness (QED) is 0.905. The van der Waals surface area contributed by atoms with Gasteiger partial charge in [0.15, 0.2) is 0 Å². The van der Waals surface area contributed by atoms with E-state index in [0.717, 1.165) is 11.3 Å². The van der Waals surface area contributed by atoms with Gasteiger partial charge in [-0.05, 0) is 35.7 Å².